The molecule has 0 saturated carbocycles. The molecule has 6 nitrogen and oxygen atoms in total. The van der Waals surface area contributed by atoms with Gasteiger partial charge in [-0.25, -0.2) is 9.97 Å². The molecule has 1 fully saturated rings. The number of hydrogen-bond donors (Lipinski definition) is 0. The van der Waals surface area contributed by atoms with Crippen molar-refractivity contribution in [2.75, 3.05) is 13.1 Å². The lowest BCUT2D eigenvalue weighted by atomic mass is 9.92. The highest BCUT2D eigenvalue weighted by atomic mass is 35.5. The Balaban J connectivity index is 1.41. The number of hydrogen-bond acceptors (Lipinski definition) is 5. The van der Waals surface area contributed by atoms with E-state index in [-0.39, 0.29) is 5.91 Å². The summed E-state index contributed by atoms with van der Waals surface area (Å²) in [6, 6.07) is 5.94. The van der Waals surface area contributed by atoms with Crippen LogP contribution in [0.2, 0.25) is 5.02 Å². The summed E-state index contributed by atoms with van der Waals surface area (Å²) in [4.78, 5) is 23.6. The van der Waals surface area contributed by atoms with Crippen molar-refractivity contribution in [1.82, 2.24) is 20.0 Å². The van der Waals surface area contributed by atoms with Crippen molar-refractivity contribution < 1.29 is 9.32 Å². The number of aryl methyl sites for hydroxylation is 2. The van der Waals surface area contributed by atoms with Crippen LogP contribution in [0.3, 0.4) is 0 Å². The largest absolute Gasteiger partial charge is 0.361 e. The molecule has 0 unspecified atom stereocenters. The Hall–Kier alpha value is -2.47. The quantitative estimate of drug-likeness (QED) is 0.686. The lowest BCUT2D eigenvalue weighted by molar-refractivity contribution is -0.131. The number of amides is 1. The first-order chi connectivity index (χ1) is 13.0. The number of carbonyl (C=O) groups excluding carboxylic acids is 1. The van der Waals surface area contributed by atoms with E-state index in [1.165, 1.54) is 0 Å². The third-order valence-electron chi connectivity index (χ3n) is 5.31. The van der Waals surface area contributed by atoms with Gasteiger partial charge in [0.25, 0.3) is 0 Å². The molecule has 0 aromatic carbocycles. The molecule has 27 heavy (non-hydrogen) atoms. The Kier molecular flexibility index (Phi) is 4.83. The van der Waals surface area contributed by atoms with Crippen LogP contribution >= 0.6 is 11.6 Å². The van der Waals surface area contributed by atoms with Gasteiger partial charge in [-0.3, -0.25) is 4.79 Å². The Bertz CT molecular complexity index is 973. The van der Waals surface area contributed by atoms with Crippen molar-refractivity contribution >= 4 is 28.5 Å². The van der Waals surface area contributed by atoms with Crippen LogP contribution in [0.15, 0.2) is 28.9 Å². The van der Waals surface area contributed by atoms with E-state index >= 15 is 0 Å². The maximum Gasteiger partial charge on any atom is 0.227 e. The van der Waals surface area contributed by atoms with Gasteiger partial charge in [0.2, 0.25) is 5.91 Å². The third-order valence-corrected chi connectivity index (χ3v) is 5.51. The zero-order chi connectivity index (χ0) is 19.0. The molecule has 0 radical (unpaired) electrons. The highest BCUT2D eigenvalue weighted by Crippen LogP contribution is 2.28. The van der Waals surface area contributed by atoms with Crippen molar-refractivity contribution in [1.29, 1.82) is 0 Å². The summed E-state index contributed by atoms with van der Waals surface area (Å²) in [7, 11) is 0. The molecule has 1 aliphatic heterocycles. The molecule has 7 heteroatoms. The van der Waals surface area contributed by atoms with E-state index < -0.39 is 0 Å². The summed E-state index contributed by atoms with van der Waals surface area (Å²) < 4.78 is 5.16. The Labute approximate surface area is 162 Å². The lowest BCUT2D eigenvalue weighted by Gasteiger charge is -2.32. The van der Waals surface area contributed by atoms with Crippen molar-refractivity contribution in [3.63, 3.8) is 0 Å². The van der Waals surface area contributed by atoms with Gasteiger partial charge in [-0.05, 0) is 44.9 Å². The third kappa shape index (κ3) is 3.67. The molecule has 0 bridgehead atoms. The van der Waals surface area contributed by atoms with Gasteiger partial charge in [0.05, 0.1) is 17.1 Å². The van der Waals surface area contributed by atoms with Crippen LogP contribution in [0, 0.1) is 13.8 Å². The highest BCUT2D eigenvalue weighted by molar-refractivity contribution is 6.31. The molecule has 0 aliphatic carbocycles. The minimum atomic E-state index is 0.130. The van der Waals surface area contributed by atoms with Gasteiger partial charge in [-0.15, -0.1) is 0 Å². The van der Waals surface area contributed by atoms with Gasteiger partial charge in [0, 0.05) is 41.8 Å². The summed E-state index contributed by atoms with van der Waals surface area (Å²) in [5.41, 5.74) is 3.45. The fourth-order valence-electron chi connectivity index (χ4n) is 3.67. The maximum absolute atomic E-state index is 12.6. The minimum Gasteiger partial charge on any atom is -0.361 e. The second kappa shape index (κ2) is 7.27. The van der Waals surface area contributed by atoms with Crippen LogP contribution in [0.1, 0.15) is 41.5 Å². The number of carbonyl (C=O) groups is 1. The van der Waals surface area contributed by atoms with Gasteiger partial charge in [0.15, 0.2) is 5.65 Å². The van der Waals surface area contributed by atoms with Crippen LogP contribution in [0.25, 0.3) is 11.0 Å². The zero-order valence-electron chi connectivity index (χ0n) is 15.4. The number of rotatable bonds is 3. The Morgan fingerprint density at radius 1 is 1.30 bits per heavy atom. The van der Waals surface area contributed by atoms with Gasteiger partial charge in [-0.2, -0.15) is 0 Å². The molecule has 3 aromatic rings. The monoisotopic (exact) mass is 384 g/mol. The molecule has 0 N–H and O–H groups in total. The zero-order valence-corrected chi connectivity index (χ0v) is 16.2. The first-order valence-electron chi connectivity index (χ1n) is 9.13. The molecule has 4 heterocycles. The Morgan fingerprint density at radius 2 is 2.07 bits per heavy atom. The number of aromatic nitrogens is 3. The average Bonchev–Trinajstić information content (AvgIpc) is 2.99. The van der Waals surface area contributed by atoms with Crippen molar-refractivity contribution in [2.24, 2.45) is 0 Å². The van der Waals surface area contributed by atoms with E-state index in [1.807, 2.05) is 36.9 Å². The van der Waals surface area contributed by atoms with Crippen molar-refractivity contribution in [2.45, 2.75) is 39.0 Å². The second-order valence-electron chi connectivity index (χ2n) is 7.07. The smallest absolute Gasteiger partial charge is 0.227 e. The number of nitrogens with zero attached hydrogens (tertiary/aromatic N) is 4. The molecular weight excluding hydrogens is 364 g/mol. The standard InChI is InChI=1S/C20H21ClN4O2/c1-12-17(13(2)27-24-12)10-19(26)25-7-5-14(6-8-25)18-4-3-15-9-16(21)11-22-20(15)23-18/h3-4,9,11,14H,5-8,10H2,1-2H3. The van der Waals surface area contributed by atoms with E-state index in [2.05, 4.69) is 10.1 Å². The topological polar surface area (TPSA) is 72.1 Å². The summed E-state index contributed by atoms with van der Waals surface area (Å²) in [6.07, 6.45) is 3.78. The van der Waals surface area contributed by atoms with Gasteiger partial charge >= 0.3 is 0 Å². The predicted octanol–water partition coefficient (Wildman–Crippen LogP) is 3.84. The normalized spacial score (nSPS) is 15.4. The number of piperidine rings is 1. The molecule has 4 rings (SSSR count). The molecule has 0 spiro atoms. The average molecular weight is 385 g/mol. The van der Waals surface area contributed by atoms with Crippen LogP contribution in [0.4, 0.5) is 0 Å². The molecule has 140 valence electrons. The van der Waals surface area contributed by atoms with Crippen LogP contribution in [-0.4, -0.2) is 39.0 Å². The number of fused-ring (bicyclic) bond motifs is 1. The summed E-state index contributed by atoms with van der Waals surface area (Å²) in [5, 5.41) is 5.48. The first kappa shape index (κ1) is 17.9. The van der Waals surface area contributed by atoms with Crippen molar-refractivity contribution in [3.05, 3.63) is 52.1 Å². The molecule has 1 aliphatic rings. The fourth-order valence-corrected chi connectivity index (χ4v) is 3.83. The number of halogens is 1. The van der Waals surface area contributed by atoms with Crippen LogP contribution in [-0.2, 0) is 11.2 Å². The highest BCUT2D eigenvalue weighted by Gasteiger charge is 2.26. The first-order valence-corrected chi connectivity index (χ1v) is 9.51. The van der Waals surface area contributed by atoms with E-state index in [0.29, 0.717) is 23.0 Å². The lowest BCUT2D eigenvalue weighted by Crippen LogP contribution is -2.39. The van der Waals surface area contributed by atoms with Gasteiger partial charge in [-0.1, -0.05) is 16.8 Å². The van der Waals surface area contributed by atoms with E-state index in [1.54, 1.807) is 6.20 Å². The van der Waals surface area contributed by atoms with Gasteiger partial charge in [0.1, 0.15) is 5.76 Å². The molecule has 0 atom stereocenters. The number of likely N-dealkylation sites (tertiary alicyclic amines) is 1. The molecule has 3 aromatic heterocycles. The Morgan fingerprint density at radius 3 is 2.78 bits per heavy atom. The van der Waals surface area contributed by atoms with E-state index in [0.717, 1.165) is 54.0 Å². The van der Waals surface area contributed by atoms with Crippen molar-refractivity contribution in [3.8, 4) is 0 Å². The summed E-state index contributed by atoms with van der Waals surface area (Å²) in [6.45, 7) is 5.20. The summed E-state index contributed by atoms with van der Waals surface area (Å²) in [5.74, 6) is 1.20. The molecule has 1 saturated heterocycles. The van der Waals surface area contributed by atoms with E-state index in [9.17, 15) is 4.79 Å². The molecular formula is C20H21ClN4O2. The van der Waals surface area contributed by atoms with E-state index in [4.69, 9.17) is 21.1 Å². The van der Waals surface area contributed by atoms with Crippen LogP contribution < -0.4 is 0 Å². The summed E-state index contributed by atoms with van der Waals surface area (Å²) >= 11 is 5.99. The van der Waals surface area contributed by atoms with Gasteiger partial charge < -0.3 is 9.42 Å². The minimum absolute atomic E-state index is 0.130. The molecule has 1 amide bonds. The predicted molar refractivity (Wildman–Crippen MR) is 103 cm³/mol. The van der Waals surface area contributed by atoms with Crippen LogP contribution in [0.5, 0.6) is 0 Å². The number of pyridine rings is 2. The fraction of sp³-hybridized carbons (Fsp3) is 0.400. The maximum atomic E-state index is 12.6. The SMILES string of the molecule is Cc1noc(C)c1CC(=O)N1CCC(c2ccc3cc(Cl)cnc3n2)CC1. The second-order valence-corrected chi connectivity index (χ2v) is 7.51.